The Labute approximate surface area is 109 Å². The Balaban J connectivity index is 2.19. The van der Waals surface area contributed by atoms with E-state index < -0.39 is 0 Å². The van der Waals surface area contributed by atoms with Crippen LogP contribution < -0.4 is 10.1 Å². The summed E-state index contributed by atoms with van der Waals surface area (Å²) < 4.78 is 5.69. The molecule has 1 aromatic heterocycles. The lowest BCUT2D eigenvalue weighted by molar-refractivity contribution is 0.241. The zero-order valence-electron chi connectivity index (χ0n) is 11.4. The summed E-state index contributed by atoms with van der Waals surface area (Å²) in [5, 5.41) is 3.46. The average Bonchev–Trinajstić information content (AvgIpc) is 2.38. The topological polar surface area (TPSA) is 34.1 Å². The van der Waals surface area contributed by atoms with Crippen molar-refractivity contribution in [3.8, 4) is 5.75 Å². The second-order valence-electron chi connectivity index (χ2n) is 5.07. The van der Waals surface area contributed by atoms with Gasteiger partial charge in [0.2, 0.25) is 0 Å². The number of pyridine rings is 1. The van der Waals surface area contributed by atoms with Crippen LogP contribution in [0.1, 0.15) is 32.8 Å². The van der Waals surface area contributed by atoms with Crippen molar-refractivity contribution in [3.63, 3.8) is 0 Å². The molecule has 18 heavy (non-hydrogen) atoms. The molecule has 1 aromatic rings. The van der Waals surface area contributed by atoms with Gasteiger partial charge in [0.1, 0.15) is 5.75 Å². The van der Waals surface area contributed by atoms with E-state index in [1.807, 2.05) is 20.0 Å². The molecule has 0 aromatic carbocycles. The van der Waals surface area contributed by atoms with E-state index in [1.54, 1.807) is 6.20 Å². The summed E-state index contributed by atoms with van der Waals surface area (Å²) in [5.74, 6) is 1.48. The molecule has 0 spiro atoms. The molecule has 1 aliphatic heterocycles. The van der Waals surface area contributed by atoms with Crippen molar-refractivity contribution in [2.75, 3.05) is 13.1 Å². The third-order valence-electron chi connectivity index (χ3n) is 3.14. The highest BCUT2D eigenvalue weighted by Crippen LogP contribution is 2.23. The van der Waals surface area contributed by atoms with Gasteiger partial charge in [-0.25, -0.2) is 0 Å². The van der Waals surface area contributed by atoms with Gasteiger partial charge in [0.25, 0.3) is 0 Å². The molecule has 0 radical (unpaired) electrons. The molecular formula is C15H22N2O. The first-order valence-corrected chi connectivity index (χ1v) is 6.72. The van der Waals surface area contributed by atoms with E-state index in [0.29, 0.717) is 5.92 Å². The van der Waals surface area contributed by atoms with Gasteiger partial charge in [-0.3, -0.25) is 4.98 Å². The van der Waals surface area contributed by atoms with E-state index in [-0.39, 0.29) is 6.10 Å². The molecule has 0 aliphatic carbocycles. The fraction of sp³-hybridized carbons (Fsp3) is 0.533. The zero-order valence-corrected chi connectivity index (χ0v) is 11.4. The second kappa shape index (κ2) is 6.01. The number of rotatable bonds is 4. The maximum Gasteiger partial charge on any atom is 0.138 e. The summed E-state index contributed by atoms with van der Waals surface area (Å²) in [6.07, 6.45) is 7.42. The number of aromatic nitrogens is 1. The van der Waals surface area contributed by atoms with E-state index in [0.717, 1.165) is 18.8 Å². The van der Waals surface area contributed by atoms with Crippen molar-refractivity contribution >= 4 is 5.57 Å². The fourth-order valence-corrected chi connectivity index (χ4v) is 2.19. The Bertz CT molecular complexity index is 426. The lowest BCUT2D eigenvalue weighted by Gasteiger charge is -2.21. The van der Waals surface area contributed by atoms with Crippen LogP contribution >= 0.6 is 0 Å². The van der Waals surface area contributed by atoms with Crippen LogP contribution in [-0.2, 0) is 0 Å². The van der Waals surface area contributed by atoms with Gasteiger partial charge in [0.05, 0.1) is 12.3 Å². The Morgan fingerprint density at radius 2 is 2.28 bits per heavy atom. The van der Waals surface area contributed by atoms with E-state index in [4.69, 9.17) is 4.74 Å². The third kappa shape index (κ3) is 3.33. The lowest BCUT2D eigenvalue weighted by atomic mass is 9.95. The maximum atomic E-state index is 5.69. The first kappa shape index (κ1) is 13.1. The van der Waals surface area contributed by atoms with Crippen molar-refractivity contribution in [3.05, 3.63) is 30.1 Å². The molecule has 1 N–H and O–H groups in total. The molecule has 1 unspecified atom stereocenters. The number of hydrogen-bond donors (Lipinski definition) is 1. The summed E-state index contributed by atoms with van der Waals surface area (Å²) in [7, 11) is 0. The van der Waals surface area contributed by atoms with Crippen molar-refractivity contribution in [1.29, 1.82) is 0 Å². The minimum Gasteiger partial charge on any atom is -0.489 e. The summed E-state index contributed by atoms with van der Waals surface area (Å²) in [6.45, 7) is 8.28. The monoisotopic (exact) mass is 246 g/mol. The van der Waals surface area contributed by atoms with Crippen LogP contribution in [0.3, 0.4) is 0 Å². The van der Waals surface area contributed by atoms with E-state index in [2.05, 4.69) is 29.4 Å². The molecule has 2 rings (SSSR count). The molecule has 1 atom stereocenters. The van der Waals surface area contributed by atoms with Crippen LogP contribution in [0.25, 0.3) is 5.57 Å². The molecule has 3 heteroatoms. The highest BCUT2D eigenvalue weighted by atomic mass is 16.5. The van der Waals surface area contributed by atoms with E-state index in [9.17, 15) is 0 Å². The number of nitrogens with zero attached hydrogens (tertiary/aromatic N) is 1. The Morgan fingerprint density at radius 3 is 3.00 bits per heavy atom. The molecular weight excluding hydrogens is 224 g/mol. The lowest BCUT2D eigenvalue weighted by Crippen LogP contribution is -2.28. The average molecular weight is 246 g/mol. The van der Waals surface area contributed by atoms with Gasteiger partial charge in [0.15, 0.2) is 0 Å². The van der Waals surface area contributed by atoms with Gasteiger partial charge in [-0.05, 0) is 37.8 Å². The van der Waals surface area contributed by atoms with Crippen LogP contribution in [0.15, 0.2) is 24.5 Å². The third-order valence-corrected chi connectivity index (χ3v) is 3.14. The Morgan fingerprint density at radius 1 is 1.44 bits per heavy atom. The summed E-state index contributed by atoms with van der Waals surface area (Å²) in [6, 6.07) is 2.08. The highest BCUT2D eigenvalue weighted by Gasteiger charge is 2.13. The smallest absolute Gasteiger partial charge is 0.138 e. The maximum absolute atomic E-state index is 5.69. The van der Waals surface area contributed by atoms with Crippen LogP contribution in [0.5, 0.6) is 5.75 Å². The number of hydrogen-bond acceptors (Lipinski definition) is 3. The number of ether oxygens (including phenoxy) is 1. The first-order chi connectivity index (χ1) is 8.69. The minimum atomic E-state index is 0.184. The van der Waals surface area contributed by atoms with E-state index >= 15 is 0 Å². The quantitative estimate of drug-likeness (QED) is 0.887. The van der Waals surface area contributed by atoms with Gasteiger partial charge in [-0.15, -0.1) is 0 Å². The van der Waals surface area contributed by atoms with Gasteiger partial charge < -0.3 is 10.1 Å². The van der Waals surface area contributed by atoms with Crippen molar-refractivity contribution in [2.45, 2.75) is 33.3 Å². The van der Waals surface area contributed by atoms with Crippen LogP contribution in [0.2, 0.25) is 0 Å². The first-order valence-electron chi connectivity index (χ1n) is 6.72. The van der Waals surface area contributed by atoms with E-state index in [1.165, 1.54) is 17.6 Å². The molecule has 0 bridgehead atoms. The predicted octanol–water partition coefficient (Wildman–Crippen LogP) is 2.88. The zero-order chi connectivity index (χ0) is 13.0. The van der Waals surface area contributed by atoms with Crippen molar-refractivity contribution in [1.82, 2.24) is 10.3 Å². The van der Waals surface area contributed by atoms with Crippen molar-refractivity contribution in [2.24, 2.45) is 5.92 Å². The minimum absolute atomic E-state index is 0.184. The Kier molecular flexibility index (Phi) is 4.37. The molecule has 0 fully saturated rings. The molecule has 98 valence electrons. The van der Waals surface area contributed by atoms with Gasteiger partial charge in [0, 0.05) is 24.8 Å². The SMILES string of the molecule is CCC1C=C(c2cncc(OC(C)C)c2)CNC1. The molecule has 0 saturated heterocycles. The molecule has 0 amide bonds. The molecule has 3 nitrogen and oxygen atoms in total. The van der Waals surface area contributed by atoms with Crippen LogP contribution in [0, 0.1) is 5.92 Å². The van der Waals surface area contributed by atoms with Gasteiger partial charge in [-0.1, -0.05) is 13.0 Å². The highest BCUT2D eigenvalue weighted by molar-refractivity contribution is 5.68. The molecule has 0 saturated carbocycles. The summed E-state index contributed by atoms with van der Waals surface area (Å²) in [5.41, 5.74) is 2.49. The summed E-state index contributed by atoms with van der Waals surface area (Å²) in [4.78, 5) is 4.27. The van der Waals surface area contributed by atoms with Crippen LogP contribution in [-0.4, -0.2) is 24.2 Å². The van der Waals surface area contributed by atoms with Crippen molar-refractivity contribution < 1.29 is 4.74 Å². The Hall–Kier alpha value is -1.35. The standard InChI is InChI=1S/C15H22N2O/c1-4-12-5-13(8-16-7-12)14-6-15(10-17-9-14)18-11(2)3/h5-6,9-12,16H,4,7-8H2,1-3H3. The second-order valence-corrected chi connectivity index (χ2v) is 5.07. The van der Waals surface area contributed by atoms with Gasteiger partial charge >= 0.3 is 0 Å². The fourth-order valence-electron chi connectivity index (χ4n) is 2.19. The molecule has 2 heterocycles. The molecule has 1 aliphatic rings. The predicted molar refractivity (Wildman–Crippen MR) is 74.6 cm³/mol. The van der Waals surface area contributed by atoms with Crippen LogP contribution in [0.4, 0.5) is 0 Å². The van der Waals surface area contributed by atoms with Gasteiger partial charge in [-0.2, -0.15) is 0 Å². The largest absolute Gasteiger partial charge is 0.489 e. The summed E-state index contributed by atoms with van der Waals surface area (Å²) >= 11 is 0. The normalized spacial score (nSPS) is 19.8. The number of nitrogens with one attached hydrogen (secondary N) is 1.